The Balaban J connectivity index is 2.50. The number of hydrogen-bond donors (Lipinski definition) is 3. The lowest BCUT2D eigenvalue weighted by atomic mass is 10.1. The number of pyridine rings is 1. The van der Waals surface area contributed by atoms with Crippen molar-refractivity contribution in [3.05, 3.63) is 45.7 Å². The molecule has 0 saturated carbocycles. The van der Waals surface area contributed by atoms with Crippen LogP contribution in [-0.4, -0.2) is 27.1 Å². The number of H-pyrrole nitrogens is 1. The molecule has 0 bridgehead atoms. The monoisotopic (exact) mass is 261 g/mol. The number of fused-ring (bicyclic) bond motifs is 1. The third kappa shape index (κ3) is 2.98. The quantitative estimate of drug-likeness (QED) is 0.753. The predicted octanol–water partition coefficient (Wildman–Crippen LogP) is 0.782. The zero-order chi connectivity index (χ0) is 14.0. The van der Waals surface area contributed by atoms with E-state index in [9.17, 15) is 14.4 Å². The van der Waals surface area contributed by atoms with Crippen LogP contribution in [0.15, 0.2) is 29.1 Å². The van der Waals surface area contributed by atoms with Crippen LogP contribution in [0.2, 0.25) is 0 Å². The van der Waals surface area contributed by atoms with Crippen molar-refractivity contribution in [2.24, 2.45) is 0 Å². The Morgan fingerprint density at radius 1 is 1.05 bits per heavy atom. The van der Waals surface area contributed by atoms with Crippen LogP contribution in [-0.2, 0) is 22.4 Å². The van der Waals surface area contributed by atoms with Gasteiger partial charge in [0.2, 0.25) is 0 Å². The summed E-state index contributed by atoms with van der Waals surface area (Å²) in [5.74, 6) is -2.00. The molecule has 1 aromatic carbocycles. The van der Waals surface area contributed by atoms with E-state index in [2.05, 4.69) is 4.98 Å². The number of benzene rings is 1. The van der Waals surface area contributed by atoms with Crippen LogP contribution < -0.4 is 5.43 Å². The molecule has 6 nitrogen and oxygen atoms in total. The number of carbonyl (C=O) groups is 2. The standard InChI is InChI=1S/C13H11NO5/c15-11-5-8(6-13(18)19)14-10-2-1-7(3-9(10)11)4-12(16)17/h1-3,5H,4,6H2,(H,14,15)(H,16,17)(H,18,19). The number of rotatable bonds is 4. The molecular weight excluding hydrogens is 250 g/mol. The summed E-state index contributed by atoms with van der Waals surface area (Å²) >= 11 is 0. The molecule has 0 unspecified atom stereocenters. The van der Waals surface area contributed by atoms with Crippen molar-refractivity contribution in [1.29, 1.82) is 0 Å². The highest BCUT2D eigenvalue weighted by atomic mass is 16.4. The minimum atomic E-state index is -1.03. The summed E-state index contributed by atoms with van der Waals surface area (Å²) in [5, 5.41) is 17.7. The van der Waals surface area contributed by atoms with Gasteiger partial charge in [-0.25, -0.2) is 0 Å². The van der Waals surface area contributed by atoms with Crippen molar-refractivity contribution in [3.63, 3.8) is 0 Å². The molecule has 0 fully saturated rings. The summed E-state index contributed by atoms with van der Waals surface area (Å²) in [6.07, 6.45) is -0.422. The van der Waals surface area contributed by atoms with Gasteiger partial charge in [-0.2, -0.15) is 0 Å². The fraction of sp³-hybridized carbons (Fsp3) is 0.154. The zero-order valence-corrected chi connectivity index (χ0v) is 9.84. The summed E-state index contributed by atoms with van der Waals surface area (Å²) in [6, 6.07) is 5.91. The fourth-order valence-corrected chi connectivity index (χ4v) is 1.89. The van der Waals surface area contributed by atoms with Crippen LogP contribution in [0.5, 0.6) is 0 Å². The maximum absolute atomic E-state index is 11.9. The fourth-order valence-electron chi connectivity index (χ4n) is 1.89. The largest absolute Gasteiger partial charge is 0.481 e. The Bertz CT molecular complexity index is 717. The highest BCUT2D eigenvalue weighted by Gasteiger charge is 2.07. The molecule has 6 heteroatoms. The van der Waals surface area contributed by atoms with E-state index in [0.717, 1.165) is 0 Å². The molecule has 1 aromatic heterocycles. The van der Waals surface area contributed by atoms with Crippen molar-refractivity contribution in [2.75, 3.05) is 0 Å². The number of carboxylic acid groups (broad SMARTS) is 2. The molecule has 0 amide bonds. The van der Waals surface area contributed by atoms with Crippen LogP contribution in [0.3, 0.4) is 0 Å². The first kappa shape index (κ1) is 12.8. The molecule has 19 heavy (non-hydrogen) atoms. The lowest BCUT2D eigenvalue weighted by molar-refractivity contribution is -0.137. The van der Waals surface area contributed by atoms with Crippen molar-refractivity contribution >= 4 is 22.8 Å². The summed E-state index contributed by atoms with van der Waals surface area (Å²) in [5.41, 5.74) is 1.02. The molecule has 98 valence electrons. The van der Waals surface area contributed by atoms with Gasteiger partial charge in [-0.3, -0.25) is 14.4 Å². The Morgan fingerprint density at radius 2 is 1.74 bits per heavy atom. The average Bonchev–Trinajstić information content (AvgIpc) is 2.28. The van der Waals surface area contributed by atoms with E-state index in [1.54, 1.807) is 12.1 Å². The van der Waals surface area contributed by atoms with Gasteiger partial charge in [-0.15, -0.1) is 0 Å². The second kappa shape index (κ2) is 4.93. The van der Waals surface area contributed by atoms with Crippen LogP contribution in [0.25, 0.3) is 10.9 Å². The molecule has 0 radical (unpaired) electrons. The molecule has 0 aliphatic rings. The molecule has 2 rings (SSSR count). The first-order chi connectivity index (χ1) is 8.95. The van der Waals surface area contributed by atoms with E-state index in [1.807, 2.05) is 0 Å². The van der Waals surface area contributed by atoms with Gasteiger partial charge in [0.05, 0.1) is 12.8 Å². The molecule has 3 N–H and O–H groups in total. The van der Waals surface area contributed by atoms with Crippen LogP contribution in [0.4, 0.5) is 0 Å². The van der Waals surface area contributed by atoms with Gasteiger partial charge in [0.1, 0.15) is 0 Å². The Labute approximate surface area is 107 Å². The van der Waals surface area contributed by atoms with E-state index >= 15 is 0 Å². The van der Waals surface area contributed by atoms with Crippen molar-refractivity contribution in [2.45, 2.75) is 12.8 Å². The molecule has 1 heterocycles. The van der Waals surface area contributed by atoms with Crippen LogP contribution in [0.1, 0.15) is 11.3 Å². The minimum absolute atomic E-state index is 0.160. The zero-order valence-electron chi connectivity index (χ0n) is 9.84. The van der Waals surface area contributed by atoms with Gasteiger partial charge in [-0.05, 0) is 17.7 Å². The number of nitrogens with one attached hydrogen (secondary N) is 1. The molecule has 2 aromatic rings. The van der Waals surface area contributed by atoms with E-state index in [0.29, 0.717) is 22.2 Å². The van der Waals surface area contributed by atoms with Gasteiger partial charge in [0.25, 0.3) is 0 Å². The van der Waals surface area contributed by atoms with E-state index in [-0.39, 0.29) is 18.3 Å². The van der Waals surface area contributed by atoms with Gasteiger partial charge in [0, 0.05) is 22.7 Å². The second-order valence-electron chi connectivity index (χ2n) is 4.18. The molecule has 0 spiro atoms. The van der Waals surface area contributed by atoms with E-state index in [4.69, 9.17) is 10.2 Å². The highest BCUT2D eigenvalue weighted by Crippen LogP contribution is 2.12. The van der Waals surface area contributed by atoms with E-state index in [1.165, 1.54) is 12.1 Å². The third-order valence-electron chi connectivity index (χ3n) is 2.65. The van der Waals surface area contributed by atoms with E-state index < -0.39 is 11.9 Å². The van der Waals surface area contributed by atoms with Crippen molar-refractivity contribution in [3.8, 4) is 0 Å². The second-order valence-corrected chi connectivity index (χ2v) is 4.18. The van der Waals surface area contributed by atoms with Crippen molar-refractivity contribution in [1.82, 2.24) is 4.98 Å². The maximum atomic E-state index is 11.9. The van der Waals surface area contributed by atoms with Crippen molar-refractivity contribution < 1.29 is 19.8 Å². The first-order valence-electron chi connectivity index (χ1n) is 5.54. The van der Waals surface area contributed by atoms with Gasteiger partial charge in [-0.1, -0.05) is 6.07 Å². The summed E-state index contributed by atoms with van der Waals surface area (Å²) < 4.78 is 0. The Morgan fingerprint density at radius 3 is 2.37 bits per heavy atom. The lowest BCUT2D eigenvalue weighted by Crippen LogP contribution is -2.10. The molecule has 0 saturated heterocycles. The number of aromatic amines is 1. The van der Waals surface area contributed by atoms with Crippen LogP contribution in [0, 0.1) is 0 Å². The first-order valence-corrected chi connectivity index (χ1v) is 5.54. The van der Waals surface area contributed by atoms with Gasteiger partial charge >= 0.3 is 11.9 Å². The Hall–Kier alpha value is -2.63. The molecule has 0 atom stereocenters. The number of hydrogen-bond acceptors (Lipinski definition) is 3. The average molecular weight is 261 g/mol. The molecule has 0 aliphatic heterocycles. The smallest absolute Gasteiger partial charge is 0.309 e. The summed E-state index contributed by atoms with van der Waals surface area (Å²) in [4.78, 5) is 35.9. The predicted molar refractivity (Wildman–Crippen MR) is 67.2 cm³/mol. The normalized spacial score (nSPS) is 10.5. The maximum Gasteiger partial charge on any atom is 0.309 e. The SMILES string of the molecule is O=C(O)Cc1ccc2[nH]c(CC(=O)O)cc(=O)c2c1. The van der Waals surface area contributed by atoms with Gasteiger partial charge < -0.3 is 15.2 Å². The minimum Gasteiger partial charge on any atom is -0.481 e. The topological polar surface area (TPSA) is 107 Å². The van der Waals surface area contributed by atoms with Crippen LogP contribution >= 0.6 is 0 Å². The number of aromatic nitrogens is 1. The number of aliphatic carboxylic acids is 2. The lowest BCUT2D eigenvalue weighted by Gasteiger charge is -2.04. The third-order valence-corrected chi connectivity index (χ3v) is 2.65. The van der Waals surface area contributed by atoms with Gasteiger partial charge in [0.15, 0.2) is 5.43 Å². The molecule has 0 aliphatic carbocycles. The summed E-state index contributed by atoms with van der Waals surface area (Å²) in [7, 11) is 0. The molecular formula is C13H11NO5. The number of carboxylic acids is 2. The highest BCUT2D eigenvalue weighted by molar-refractivity contribution is 5.81. The Kier molecular flexibility index (Phi) is 3.33. The summed E-state index contributed by atoms with van der Waals surface area (Å²) in [6.45, 7) is 0.